The van der Waals surface area contributed by atoms with E-state index in [2.05, 4.69) is 10.0 Å². The van der Waals surface area contributed by atoms with Gasteiger partial charge in [0.15, 0.2) is 0 Å². The SMILES string of the molecule is O=S(O)Nc1ccc(NCCO)cc1. The van der Waals surface area contributed by atoms with Crippen LogP contribution in [-0.4, -0.2) is 27.0 Å². The number of aliphatic hydroxyl groups is 1. The van der Waals surface area contributed by atoms with E-state index in [0.717, 1.165) is 5.69 Å². The van der Waals surface area contributed by atoms with E-state index in [1.807, 2.05) is 0 Å². The Bertz CT molecular complexity index is 302. The minimum atomic E-state index is -2.04. The molecule has 1 aromatic carbocycles. The van der Waals surface area contributed by atoms with Gasteiger partial charge >= 0.3 is 0 Å². The first kappa shape index (κ1) is 11.0. The van der Waals surface area contributed by atoms with Crippen molar-refractivity contribution in [2.75, 3.05) is 23.2 Å². The Hall–Kier alpha value is -1.11. The number of anilines is 2. The molecule has 5 nitrogen and oxygen atoms in total. The van der Waals surface area contributed by atoms with Crippen molar-refractivity contribution in [3.63, 3.8) is 0 Å². The molecule has 0 aliphatic carbocycles. The fourth-order valence-corrected chi connectivity index (χ4v) is 1.29. The Morgan fingerprint density at radius 1 is 1.21 bits per heavy atom. The van der Waals surface area contributed by atoms with Crippen LogP contribution in [0, 0.1) is 0 Å². The lowest BCUT2D eigenvalue weighted by atomic mass is 10.3. The Balaban J connectivity index is 2.54. The van der Waals surface area contributed by atoms with E-state index in [9.17, 15) is 4.21 Å². The van der Waals surface area contributed by atoms with E-state index in [1.165, 1.54) is 0 Å². The van der Waals surface area contributed by atoms with Gasteiger partial charge in [0.2, 0.25) is 0 Å². The first-order valence-electron chi connectivity index (χ1n) is 4.04. The van der Waals surface area contributed by atoms with Crippen LogP contribution in [0.15, 0.2) is 24.3 Å². The second-order valence-electron chi connectivity index (χ2n) is 2.58. The van der Waals surface area contributed by atoms with Crippen molar-refractivity contribution in [2.24, 2.45) is 0 Å². The Kier molecular flexibility index (Phi) is 4.37. The second-order valence-corrected chi connectivity index (χ2v) is 3.28. The minimum Gasteiger partial charge on any atom is -0.395 e. The smallest absolute Gasteiger partial charge is 0.259 e. The fourth-order valence-electron chi connectivity index (χ4n) is 0.957. The predicted octanol–water partition coefficient (Wildman–Crippen LogP) is 0.639. The number of hydrogen-bond donors (Lipinski definition) is 4. The van der Waals surface area contributed by atoms with E-state index in [0.29, 0.717) is 12.2 Å². The molecular formula is C8H12N2O3S. The zero-order valence-electron chi connectivity index (χ0n) is 7.43. The van der Waals surface area contributed by atoms with E-state index in [-0.39, 0.29) is 6.61 Å². The van der Waals surface area contributed by atoms with Crippen LogP contribution in [0.5, 0.6) is 0 Å². The van der Waals surface area contributed by atoms with Gasteiger partial charge < -0.3 is 10.4 Å². The second kappa shape index (κ2) is 5.58. The number of benzene rings is 1. The van der Waals surface area contributed by atoms with Crippen LogP contribution in [0.2, 0.25) is 0 Å². The number of nitrogens with one attached hydrogen (secondary N) is 2. The van der Waals surface area contributed by atoms with Gasteiger partial charge in [0.25, 0.3) is 11.3 Å². The van der Waals surface area contributed by atoms with Gasteiger partial charge in [0.05, 0.1) is 6.61 Å². The molecule has 78 valence electrons. The lowest BCUT2D eigenvalue weighted by Crippen LogP contribution is -2.05. The lowest BCUT2D eigenvalue weighted by molar-refractivity contribution is 0.311. The van der Waals surface area contributed by atoms with Gasteiger partial charge in [-0.15, -0.1) is 0 Å². The summed E-state index contributed by atoms with van der Waals surface area (Å²) in [5.74, 6) is 0. The molecular weight excluding hydrogens is 204 g/mol. The number of hydrogen-bond acceptors (Lipinski definition) is 3. The quantitative estimate of drug-likeness (QED) is 0.544. The average Bonchev–Trinajstić information content (AvgIpc) is 2.16. The van der Waals surface area contributed by atoms with Crippen molar-refractivity contribution in [3.05, 3.63) is 24.3 Å². The summed E-state index contributed by atoms with van der Waals surface area (Å²) in [4.78, 5) is 0. The molecule has 4 N–H and O–H groups in total. The molecule has 0 spiro atoms. The van der Waals surface area contributed by atoms with Crippen molar-refractivity contribution in [3.8, 4) is 0 Å². The molecule has 0 bridgehead atoms. The number of aliphatic hydroxyl groups excluding tert-OH is 1. The maximum atomic E-state index is 10.4. The summed E-state index contributed by atoms with van der Waals surface area (Å²) in [5.41, 5.74) is 1.42. The maximum absolute atomic E-state index is 10.4. The Morgan fingerprint density at radius 3 is 2.29 bits per heavy atom. The molecule has 0 radical (unpaired) electrons. The molecule has 0 amide bonds. The highest BCUT2D eigenvalue weighted by atomic mass is 32.2. The molecule has 6 heteroatoms. The third kappa shape index (κ3) is 3.73. The van der Waals surface area contributed by atoms with Crippen LogP contribution in [0.4, 0.5) is 11.4 Å². The summed E-state index contributed by atoms with van der Waals surface area (Å²) in [6, 6.07) is 6.86. The molecule has 0 aliphatic rings. The molecule has 1 rings (SSSR count). The van der Waals surface area contributed by atoms with Gasteiger partial charge in [0, 0.05) is 17.9 Å². The van der Waals surface area contributed by atoms with E-state index in [4.69, 9.17) is 9.66 Å². The summed E-state index contributed by atoms with van der Waals surface area (Å²) in [6.45, 7) is 0.555. The third-order valence-corrected chi connectivity index (χ3v) is 1.94. The summed E-state index contributed by atoms with van der Waals surface area (Å²) in [5, 5.41) is 11.5. The van der Waals surface area contributed by atoms with E-state index < -0.39 is 11.3 Å². The van der Waals surface area contributed by atoms with Crippen LogP contribution in [0.25, 0.3) is 0 Å². The summed E-state index contributed by atoms with van der Waals surface area (Å²) >= 11 is -2.04. The van der Waals surface area contributed by atoms with Crippen LogP contribution in [0.3, 0.4) is 0 Å². The zero-order chi connectivity index (χ0) is 10.4. The molecule has 14 heavy (non-hydrogen) atoms. The monoisotopic (exact) mass is 216 g/mol. The number of rotatable bonds is 5. The molecule has 1 aromatic rings. The Morgan fingerprint density at radius 2 is 1.79 bits per heavy atom. The van der Waals surface area contributed by atoms with Crippen LogP contribution >= 0.6 is 0 Å². The van der Waals surface area contributed by atoms with Crippen molar-refractivity contribution in [1.82, 2.24) is 0 Å². The lowest BCUT2D eigenvalue weighted by Gasteiger charge is -2.05. The molecule has 0 aliphatic heterocycles. The zero-order valence-corrected chi connectivity index (χ0v) is 8.25. The molecule has 0 saturated carbocycles. The summed E-state index contributed by atoms with van der Waals surface area (Å²) < 4.78 is 21.2. The van der Waals surface area contributed by atoms with Gasteiger partial charge in [-0.25, -0.2) is 4.21 Å². The standard InChI is InChI=1S/C8H12N2O3S/c11-6-5-9-7-1-3-8(4-2-7)10-14(12)13/h1-4,9-11H,5-6H2,(H,12,13). The molecule has 0 fully saturated rings. The highest BCUT2D eigenvalue weighted by Gasteiger charge is 1.95. The largest absolute Gasteiger partial charge is 0.395 e. The van der Waals surface area contributed by atoms with Crippen molar-refractivity contribution in [2.45, 2.75) is 0 Å². The van der Waals surface area contributed by atoms with Gasteiger partial charge in [-0.1, -0.05) is 0 Å². The first-order valence-corrected chi connectivity index (χ1v) is 5.15. The summed E-state index contributed by atoms with van der Waals surface area (Å²) in [7, 11) is 0. The fraction of sp³-hybridized carbons (Fsp3) is 0.250. The minimum absolute atomic E-state index is 0.0701. The molecule has 1 unspecified atom stereocenters. The third-order valence-electron chi connectivity index (χ3n) is 1.53. The van der Waals surface area contributed by atoms with E-state index >= 15 is 0 Å². The van der Waals surface area contributed by atoms with Crippen molar-refractivity contribution in [1.29, 1.82) is 0 Å². The maximum Gasteiger partial charge on any atom is 0.259 e. The van der Waals surface area contributed by atoms with Gasteiger partial charge in [0.1, 0.15) is 0 Å². The van der Waals surface area contributed by atoms with Gasteiger partial charge in [-0.2, -0.15) is 0 Å². The predicted molar refractivity (Wildman–Crippen MR) is 56.4 cm³/mol. The summed E-state index contributed by atoms with van der Waals surface area (Å²) in [6.07, 6.45) is 0. The van der Waals surface area contributed by atoms with Gasteiger partial charge in [-0.3, -0.25) is 9.27 Å². The normalized spacial score (nSPS) is 12.1. The molecule has 0 saturated heterocycles. The Labute approximate surface area is 84.6 Å². The van der Waals surface area contributed by atoms with Crippen molar-refractivity contribution >= 4 is 22.6 Å². The van der Waals surface area contributed by atoms with E-state index in [1.54, 1.807) is 24.3 Å². The molecule has 0 heterocycles. The average molecular weight is 216 g/mol. The molecule has 1 atom stereocenters. The van der Waals surface area contributed by atoms with Gasteiger partial charge in [-0.05, 0) is 24.3 Å². The highest BCUT2D eigenvalue weighted by molar-refractivity contribution is 7.80. The van der Waals surface area contributed by atoms with Crippen molar-refractivity contribution < 1.29 is 13.9 Å². The molecule has 0 aromatic heterocycles. The first-order chi connectivity index (χ1) is 6.72. The van der Waals surface area contributed by atoms with Crippen LogP contribution in [0.1, 0.15) is 0 Å². The van der Waals surface area contributed by atoms with Crippen LogP contribution < -0.4 is 10.0 Å². The topological polar surface area (TPSA) is 81.6 Å². The van der Waals surface area contributed by atoms with Crippen LogP contribution in [-0.2, 0) is 11.3 Å². The highest BCUT2D eigenvalue weighted by Crippen LogP contribution is 2.13.